The number of carbonyl (C=O) groups is 1. The zero-order valence-corrected chi connectivity index (χ0v) is 16.4. The summed E-state index contributed by atoms with van der Waals surface area (Å²) in [6, 6.07) is 12.8. The fraction of sp³-hybridized carbons (Fsp3) is 0.300. The number of aromatic nitrogens is 1. The highest BCUT2D eigenvalue weighted by Gasteiger charge is 2.28. The minimum atomic E-state index is -0.165. The average Bonchev–Trinajstić information content (AvgIpc) is 3.34. The maximum Gasteiger partial charge on any atom is 0.261 e. The molecule has 7 heteroatoms. The van der Waals surface area contributed by atoms with Gasteiger partial charge in [0.05, 0.1) is 40.6 Å². The Morgan fingerprint density at radius 3 is 2.96 bits per heavy atom. The third kappa shape index (κ3) is 3.78. The number of methoxy groups -OCH3 is 1. The largest absolute Gasteiger partial charge is 0.497 e. The summed E-state index contributed by atoms with van der Waals surface area (Å²) in [5, 5.41) is 1.07. The van der Waals surface area contributed by atoms with Crippen molar-refractivity contribution in [1.82, 2.24) is 4.98 Å². The van der Waals surface area contributed by atoms with E-state index in [9.17, 15) is 4.79 Å². The van der Waals surface area contributed by atoms with E-state index in [-0.39, 0.29) is 12.0 Å². The van der Waals surface area contributed by atoms with E-state index in [4.69, 9.17) is 21.1 Å². The van der Waals surface area contributed by atoms with Gasteiger partial charge in [-0.1, -0.05) is 35.1 Å². The van der Waals surface area contributed by atoms with E-state index in [1.807, 2.05) is 30.3 Å². The SMILES string of the molecule is COc1ccc2nc(N(CC3CCCO3)C(=O)c3ccccc3Cl)sc2c1. The van der Waals surface area contributed by atoms with Crippen LogP contribution in [0.3, 0.4) is 0 Å². The van der Waals surface area contributed by atoms with Gasteiger partial charge >= 0.3 is 0 Å². The molecule has 0 aliphatic carbocycles. The van der Waals surface area contributed by atoms with Gasteiger partial charge in [-0.2, -0.15) is 0 Å². The molecule has 1 aliphatic heterocycles. The Labute approximate surface area is 166 Å². The highest BCUT2D eigenvalue weighted by molar-refractivity contribution is 7.22. The molecular formula is C20H19ClN2O3S. The fourth-order valence-corrected chi connectivity index (χ4v) is 4.37. The van der Waals surface area contributed by atoms with Crippen LogP contribution in [0.4, 0.5) is 5.13 Å². The van der Waals surface area contributed by atoms with Crippen molar-refractivity contribution in [1.29, 1.82) is 0 Å². The number of amides is 1. The van der Waals surface area contributed by atoms with Crippen LogP contribution in [-0.2, 0) is 4.74 Å². The van der Waals surface area contributed by atoms with Gasteiger partial charge in [-0.3, -0.25) is 9.69 Å². The Bertz CT molecular complexity index is 969. The maximum absolute atomic E-state index is 13.3. The lowest BCUT2D eigenvalue weighted by Crippen LogP contribution is -2.37. The van der Waals surface area contributed by atoms with Crippen LogP contribution in [0.25, 0.3) is 10.2 Å². The minimum absolute atomic E-state index is 0.0120. The van der Waals surface area contributed by atoms with Crippen molar-refractivity contribution in [3.8, 4) is 5.75 Å². The van der Waals surface area contributed by atoms with Crippen LogP contribution in [0.2, 0.25) is 5.02 Å². The molecule has 2 aromatic carbocycles. The molecule has 1 atom stereocenters. The zero-order valence-electron chi connectivity index (χ0n) is 14.9. The fourth-order valence-electron chi connectivity index (χ4n) is 3.16. The van der Waals surface area contributed by atoms with E-state index >= 15 is 0 Å². The second kappa shape index (κ2) is 7.84. The Kier molecular flexibility index (Phi) is 5.29. The van der Waals surface area contributed by atoms with Gasteiger partial charge in [0.15, 0.2) is 5.13 Å². The Morgan fingerprint density at radius 1 is 1.37 bits per heavy atom. The molecular weight excluding hydrogens is 384 g/mol. The normalized spacial score (nSPS) is 16.6. The predicted molar refractivity (Wildman–Crippen MR) is 108 cm³/mol. The summed E-state index contributed by atoms with van der Waals surface area (Å²) >= 11 is 7.74. The number of anilines is 1. The first kappa shape index (κ1) is 18.2. The Hall–Kier alpha value is -2.15. The number of thiazole rings is 1. The number of nitrogens with zero attached hydrogens (tertiary/aromatic N) is 2. The van der Waals surface area contributed by atoms with Gasteiger partial charge in [0.1, 0.15) is 5.75 Å². The summed E-state index contributed by atoms with van der Waals surface area (Å²) in [5.74, 6) is 0.600. The number of hydrogen-bond donors (Lipinski definition) is 0. The third-order valence-electron chi connectivity index (χ3n) is 4.57. The molecule has 1 saturated heterocycles. The molecule has 1 amide bonds. The third-order valence-corrected chi connectivity index (χ3v) is 5.95. The number of ether oxygens (including phenoxy) is 2. The molecule has 0 radical (unpaired) electrons. The standard InChI is InChI=1S/C20H19ClN2O3S/c1-25-13-8-9-17-18(11-13)27-20(22-17)23(12-14-5-4-10-26-14)19(24)15-6-2-3-7-16(15)21/h2-3,6-9,11,14H,4-5,10,12H2,1H3. The summed E-state index contributed by atoms with van der Waals surface area (Å²) in [4.78, 5) is 19.6. The highest BCUT2D eigenvalue weighted by Crippen LogP contribution is 2.33. The van der Waals surface area contributed by atoms with Crippen molar-refractivity contribution < 1.29 is 14.3 Å². The highest BCUT2D eigenvalue weighted by atomic mass is 35.5. The van der Waals surface area contributed by atoms with Crippen molar-refractivity contribution in [2.24, 2.45) is 0 Å². The molecule has 1 aromatic heterocycles. The minimum Gasteiger partial charge on any atom is -0.497 e. The predicted octanol–water partition coefficient (Wildman–Crippen LogP) is 4.78. The first-order valence-electron chi connectivity index (χ1n) is 8.78. The lowest BCUT2D eigenvalue weighted by molar-refractivity contribution is 0.0917. The molecule has 1 fully saturated rings. The molecule has 4 rings (SSSR count). The second-order valence-corrected chi connectivity index (χ2v) is 7.78. The van der Waals surface area contributed by atoms with Crippen LogP contribution in [0, 0.1) is 0 Å². The zero-order chi connectivity index (χ0) is 18.8. The van der Waals surface area contributed by atoms with E-state index < -0.39 is 0 Å². The van der Waals surface area contributed by atoms with Crippen LogP contribution in [0.1, 0.15) is 23.2 Å². The van der Waals surface area contributed by atoms with Gasteiger partial charge < -0.3 is 9.47 Å². The van der Waals surface area contributed by atoms with Gasteiger partial charge in [0, 0.05) is 6.61 Å². The molecule has 1 aliphatic rings. The van der Waals surface area contributed by atoms with Crippen LogP contribution < -0.4 is 9.64 Å². The smallest absolute Gasteiger partial charge is 0.261 e. The molecule has 5 nitrogen and oxygen atoms in total. The van der Waals surface area contributed by atoms with Crippen LogP contribution >= 0.6 is 22.9 Å². The summed E-state index contributed by atoms with van der Waals surface area (Å²) in [7, 11) is 1.63. The van der Waals surface area contributed by atoms with Gasteiger partial charge in [0.25, 0.3) is 5.91 Å². The van der Waals surface area contributed by atoms with Crippen LogP contribution in [-0.4, -0.2) is 37.3 Å². The summed E-state index contributed by atoms with van der Waals surface area (Å²) < 4.78 is 12.0. The number of fused-ring (bicyclic) bond motifs is 1. The molecule has 0 bridgehead atoms. The molecule has 27 heavy (non-hydrogen) atoms. The summed E-state index contributed by atoms with van der Waals surface area (Å²) in [6.07, 6.45) is 1.96. The molecule has 1 unspecified atom stereocenters. The van der Waals surface area contributed by atoms with Gasteiger partial charge in [-0.15, -0.1) is 0 Å². The van der Waals surface area contributed by atoms with Crippen LogP contribution in [0.15, 0.2) is 42.5 Å². The van der Waals surface area contributed by atoms with E-state index in [0.29, 0.717) is 22.3 Å². The Balaban J connectivity index is 1.73. The number of halogens is 1. The first-order valence-corrected chi connectivity index (χ1v) is 9.98. The van der Waals surface area contributed by atoms with E-state index in [2.05, 4.69) is 4.98 Å². The van der Waals surface area contributed by atoms with E-state index in [1.54, 1.807) is 24.1 Å². The number of benzene rings is 2. The van der Waals surface area contributed by atoms with Crippen molar-refractivity contribution in [3.05, 3.63) is 53.1 Å². The van der Waals surface area contributed by atoms with Gasteiger partial charge in [-0.25, -0.2) is 4.98 Å². The van der Waals surface area contributed by atoms with Gasteiger partial charge in [-0.05, 0) is 43.2 Å². The topological polar surface area (TPSA) is 51.7 Å². The quantitative estimate of drug-likeness (QED) is 0.616. The van der Waals surface area contributed by atoms with E-state index in [1.165, 1.54) is 11.3 Å². The van der Waals surface area contributed by atoms with Crippen LogP contribution in [0.5, 0.6) is 5.75 Å². The lowest BCUT2D eigenvalue weighted by Gasteiger charge is -2.23. The van der Waals surface area contributed by atoms with Crippen molar-refractivity contribution >= 4 is 44.2 Å². The lowest BCUT2D eigenvalue weighted by atomic mass is 10.1. The van der Waals surface area contributed by atoms with Crippen molar-refractivity contribution in [2.75, 3.05) is 25.2 Å². The number of hydrogen-bond acceptors (Lipinski definition) is 5. The summed E-state index contributed by atoms with van der Waals surface area (Å²) in [5.41, 5.74) is 1.30. The molecule has 140 valence electrons. The monoisotopic (exact) mass is 402 g/mol. The molecule has 0 spiro atoms. The summed E-state index contributed by atoms with van der Waals surface area (Å²) in [6.45, 7) is 1.19. The number of carbonyl (C=O) groups excluding carboxylic acids is 1. The van der Waals surface area contributed by atoms with Crippen molar-refractivity contribution in [2.45, 2.75) is 18.9 Å². The van der Waals surface area contributed by atoms with E-state index in [0.717, 1.165) is 35.4 Å². The average molecular weight is 403 g/mol. The molecule has 0 saturated carbocycles. The molecule has 0 N–H and O–H groups in total. The van der Waals surface area contributed by atoms with Gasteiger partial charge in [0.2, 0.25) is 0 Å². The number of rotatable bonds is 5. The first-order chi connectivity index (χ1) is 13.2. The maximum atomic E-state index is 13.3. The Morgan fingerprint density at radius 2 is 2.22 bits per heavy atom. The molecule has 3 aromatic rings. The second-order valence-electron chi connectivity index (χ2n) is 6.36. The van der Waals surface area contributed by atoms with Crippen molar-refractivity contribution in [3.63, 3.8) is 0 Å². The molecule has 2 heterocycles.